The fraction of sp³-hybridized carbons (Fsp3) is 0.533. The Balaban J connectivity index is 1.58. The molecule has 0 aromatic carbocycles. The molecule has 2 aliphatic carbocycles. The van der Waals surface area contributed by atoms with Crippen molar-refractivity contribution in [2.45, 2.75) is 65.0 Å². The van der Waals surface area contributed by atoms with E-state index in [1.165, 1.54) is 17.6 Å². The number of nitrogens with zero attached hydrogens (tertiary/aromatic N) is 1. The zero-order valence-corrected chi connectivity index (χ0v) is 21.8. The summed E-state index contributed by atoms with van der Waals surface area (Å²) in [5.41, 5.74) is 6.96. The van der Waals surface area contributed by atoms with Gasteiger partial charge >= 0.3 is 0 Å². The van der Waals surface area contributed by atoms with Crippen molar-refractivity contribution in [2.75, 3.05) is 26.2 Å². The van der Waals surface area contributed by atoms with E-state index in [0.717, 1.165) is 56.6 Å². The highest BCUT2D eigenvalue weighted by molar-refractivity contribution is 5.43. The third kappa shape index (κ3) is 8.09. The molecule has 3 aliphatic rings. The fourth-order valence-corrected chi connectivity index (χ4v) is 4.76. The molecular weight excluding hydrogens is 436 g/mol. The standard InChI is InChI=1S/C30H44N2O3/c1-6-18-32-19-28(20-32)35-27-16-14-26(15-17-27)24(5)30(29-11-9-8-10-22(29)3)31-34-21-25(7-2)13-12-23(4)33/h10-14,16-17,25-26,28,30-31,33H,4-9,15,18-21H2,1-3H3/b13-12-/t25-,26+,30-/m1/s1. The second-order valence-electron chi connectivity index (χ2n) is 9.89. The highest BCUT2D eigenvalue weighted by Crippen LogP contribution is 2.32. The molecule has 1 aliphatic heterocycles. The lowest BCUT2D eigenvalue weighted by Crippen LogP contribution is -2.52. The number of hydrogen-bond donors (Lipinski definition) is 2. The van der Waals surface area contributed by atoms with E-state index < -0.39 is 0 Å². The maximum Gasteiger partial charge on any atom is 0.124 e. The van der Waals surface area contributed by atoms with E-state index >= 15 is 0 Å². The van der Waals surface area contributed by atoms with Crippen molar-refractivity contribution in [1.82, 2.24) is 10.4 Å². The Labute approximate surface area is 212 Å². The number of likely N-dealkylation sites (tertiary alicyclic amines) is 1. The molecule has 0 unspecified atom stereocenters. The van der Waals surface area contributed by atoms with Crippen LogP contribution >= 0.6 is 0 Å². The van der Waals surface area contributed by atoms with Gasteiger partial charge in [0.2, 0.25) is 0 Å². The lowest BCUT2D eigenvalue weighted by Gasteiger charge is -2.39. The Morgan fingerprint density at radius 3 is 2.63 bits per heavy atom. The topological polar surface area (TPSA) is 54.0 Å². The van der Waals surface area contributed by atoms with E-state index in [4.69, 9.17) is 9.57 Å². The minimum absolute atomic E-state index is 0.0619. The normalized spacial score (nSPS) is 22.7. The molecule has 5 nitrogen and oxygen atoms in total. The van der Waals surface area contributed by atoms with Crippen molar-refractivity contribution >= 4 is 0 Å². The Hall–Kier alpha value is -2.34. The first-order valence-electron chi connectivity index (χ1n) is 13.2. The highest BCUT2D eigenvalue weighted by Gasteiger charge is 2.29. The van der Waals surface area contributed by atoms with E-state index in [9.17, 15) is 5.11 Å². The Kier molecular flexibility index (Phi) is 10.6. The maximum absolute atomic E-state index is 9.36. The minimum Gasteiger partial charge on any atom is -0.509 e. The number of aliphatic hydroxyl groups excluding tert-OH is 1. The van der Waals surface area contributed by atoms with Crippen LogP contribution in [0.3, 0.4) is 0 Å². The quantitative estimate of drug-likeness (QED) is 0.132. The monoisotopic (exact) mass is 480 g/mol. The molecule has 0 aromatic rings. The first-order valence-corrected chi connectivity index (χ1v) is 13.2. The molecule has 3 atom stereocenters. The summed E-state index contributed by atoms with van der Waals surface area (Å²) in [6.07, 6.45) is 20.1. The molecule has 5 heteroatoms. The minimum atomic E-state index is -0.0828. The van der Waals surface area contributed by atoms with Gasteiger partial charge in [-0.1, -0.05) is 56.9 Å². The number of allylic oxidation sites excluding steroid dienone is 6. The van der Waals surface area contributed by atoms with E-state index in [0.29, 0.717) is 12.7 Å². The number of aliphatic hydroxyl groups is 1. The Morgan fingerprint density at radius 1 is 1.23 bits per heavy atom. The van der Waals surface area contributed by atoms with Crippen LogP contribution in [0, 0.1) is 11.8 Å². The molecule has 1 heterocycles. The number of rotatable bonds is 14. The molecule has 0 saturated carbocycles. The van der Waals surface area contributed by atoms with Crippen molar-refractivity contribution in [1.29, 1.82) is 0 Å². The molecule has 0 spiro atoms. The molecule has 0 radical (unpaired) electrons. The Morgan fingerprint density at radius 2 is 2.00 bits per heavy atom. The lowest BCUT2D eigenvalue weighted by molar-refractivity contribution is -0.0177. The molecule has 0 bridgehead atoms. The van der Waals surface area contributed by atoms with Crippen molar-refractivity contribution in [2.24, 2.45) is 11.8 Å². The maximum atomic E-state index is 9.36. The van der Waals surface area contributed by atoms with Gasteiger partial charge in [-0.25, -0.2) is 0 Å². The van der Waals surface area contributed by atoms with E-state index in [1.54, 1.807) is 6.08 Å². The summed E-state index contributed by atoms with van der Waals surface area (Å²) in [5, 5.41) is 9.36. The Bertz CT molecular complexity index is 889. The number of ether oxygens (including phenoxy) is 1. The van der Waals surface area contributed by atoms with E-state index in [1.807, 2.05) is 6.08 Å². The number of hydroxylamine groups is 1. The molecule has 1 fully saturated rings. The summed E-state index contributed by atoms with van der Waals surface area (Å²) in [4.78, 5) is 8.45. The van der Waals surface area contributed by atoms with Crippen LogP contribution in [0.25, 0.3) is 0 Å². The summed E-state index contributed by atoms with van der Waals surface area (Å²) in [6.45, 7) is 18.2. The fourth-order valence-electron chi connectivity index (χ4n) is 4.76. The largest absolute Gasteiger partial charge is 0.509 e. The van der Waals surface area contributed by atoms with Crippen molar-refractivity contribution in [3.05, 3.63) is 83.9 Å². The van der Waals surface area contributed by atoms with Gasteiger partial charge in [-0.2, -0.15) is 5.48 Å². The van der Waals surface area contributed by atoms with Crippen LogP contribution in [0.5, 0.6) is 0 Å². The first-order chi connectivity index (χ1) is 16.9. The molecule has 1 saturated heterocycles. The van der Waals surface area contributed by atoms with Gasteiger partial charge in [0.05, 0.1) is 12.6 Å². The molecule has 0 amide bonds. The summed E-state index contributed by atoms with van der Waals surface area (Å²) < 4.78 is 6.18. The van der Waals surface area contributed by atoms with Gasteiger partial charge in [0.15, 0.2) is 0 Å². The molecule has 35 heavy (non-hydrogen) atoms. The van der Waals surface area contributed by atoms with Crippen LogP contribution in [0.15, 0.2) is 83.9 Å². The SMILES string of the molecule is C=C(O)/C=C\[C@@H](CC)CON[C@H](C(=C)[C@H]1C=CC(OC2CN(CCC)C2)=CC1)C1=CCCC=C1C. The van der Waals surface area contributed by atoms with Crippen LogP contribution in [0.4, 0.5) is 0 Å². The summed E-state index contributed by atoms with van der Waals surface area (Å²) in [6, 6.07) is -0.0828. The van der Waals surface area contributed by atoms with Crippen LogP contribution in [-0.2, 0) is 9.57 Å². The van der Waals surface area contributed by atoms with Gasteiger partial charge in [-0.3, -0.25) is 4.90 Å². The third-order valence-electron chi connectivity index (χ3n) is 7.01. The number of hydrogen-bond acceptors (Lipinski definition) is 5. The smallest absolute Gasteiger partial charge is 0.124 e. The van der Waals surface area contributed by atoms with Crippen LogP contribution < -0.4 is 5.48 Å². The van der Waals surface area contributed by atoms with Crippen molar-refractivity contribution in [3.63, 3.8) is 0 Å². The summed E-state index contributed by atoms with van der Waals surface area (Å²) in [7, 11) is 0. The molecule has 3 rings (SSSR count). The molecule has 2 N–H and O–H groups in total. The average Bonchev–Trinajstić information content (AvgIpc) is 2.83. The predicted octanol–water partition coefficient (Wildman–Crippen LogP) is 6.32. The zero-order chi connectivity index (χ0) is 25.2. The van der Waals surface area contributed by atoms with Crippen LogP contribution in [-0.4, -0.2) is 48.4 Å². The van der Waals surface area contributed by atoms with Gasteiger partial charge in [0.1, 0.15) is 17.6 Å². The van der Waals surface area contributed by atoms with Crippen molar-refractivity contribution < 1.29 is 14.7 Å². The van der Waals surface area contributed by atoms with Gasteiger partial charge in [-0.05, 0) is 74.9 Å². The molecule has 192 valence electrons. The van der Waals surface area contributed by atoms with Gasteiger partial charge in [-0.15, -0.1) is 0 Å². The second-order valence-corrected chi connectivity index (χ2v) is 9.89. The molecular formula is C30H44N2O3. The number of nitrogens with one attached hydrogen (secondary N) is 1. The van der Waals surface area contributed by atoms with Crippen LogP contribution in [0.1, 0.15) is 52.9 Å². The van der Waals surface area contributed by atoms with E-state index in [2.05, 4.69) is 74.7 Å². The van der Waals surface area contributed by atoms with Crippen molar-refractivity contribution in [3.8, 4) is 0 Å². The third-order valence-corrected chi connectivity index (χ3v) is 7.01. The lowest BCUT2D eigenvalue weighted by atomic mass is 9.82. The zero-order valence-electron chi connectivity index (χ0n) is 21.8. The summed E-state index contributed by atoms with van der Waals surface area (Å²) in [5.74, 6) is 1.45. The van der Waals surface area contributed by atoms with Crippen LogP contribution in [0.2, 0.25) is 0 Å². The van der Waals surface area contributed by atoms with Gasteiger partial charge in [0.25, 0.3) is 0 Å². The second kappa shape index (κ2) is 13.7. The highest BCUT2D eigenvalue weighted by atomic mass is 16.6. The predicted molar refractivity (Wildman–Crippen MR) is 145 cm³/mol. The van der Waals surface area contributed by atoms with E-state index in [-0.39, 0.29) is 23.6 Å². The molecule has 0 aromatic heterocycles. The summed E-state index contributed by atoms with van der Waals surface area (Å²) >= 11 is 0. The average molecular weight is 481 g/mol. The van der Waals surface area contributed by atoms with Gasteiger partial charge in [0, 0.05) is 24.9 Å². The van der Waals surface area contributed by atoms with Gasteiger partial charge < -0.3 is 14.7 Å². The first kappa shape index (κ1) is 27.3.